The van der Waals surface area contributed by atoms with Gasteiger partial charge in [0.05, 0.1) is 5.39 Å². The molecule has 3 heterocycles. The number of fused-ring (bicyclic) bond motifs is 1. The van der Waals surface area contributed by atoms with Crippen LogP contribution in [0, 0.1) is 0 Å². The van der Waals surface area contributed by atoms with Gasteiger partial charge in [0.2, 0.25) is 5.95 Å². The zero-order chi connectivity index (χ0) is 13.9. The van der Waals surface area contributed by atoms with Crippen molar-refractivity contribution in [3.63, 3.8) is 0 Å². The molecule has 1 aliphatic rings. The Morgan fingerprint density at radius 3 is 2.70 bits per heavy atom. The average Bonchev–Trinajstić information content (AvgIpc) is 2.95. The van der Waals surface area contributed by atoms with Gasteiger partial charge in [-0.2, -0.15) is 4.98 Å². The van der Waals surface area contributed by atoms with Gasteiger partial charge in [0.25, 0.3) is 0 Å². The predicted octanol–water partition coefficient (Wildman–Crippen LogP) is 2.26. The van der Waals surface area contributed by atoms with Crippen LogP contribution in [-0.2, 0) is 0 Å². The maximum atomic E-state index is 4.73. The molecule has 2 aromatic heterocycles. The Morgan fingerprint density at radius 1 is 1.20 bits per heavy atom. The second kappa shape index (κ2) is 5.93. The number of rotatable bonds is 4. The Kier molecular flexibility index (Phi) is 4.03. The van der Waals surface area contributed by atoms with Crippen LogP contribution in [0.5, 0.6) is 0 Å². The van der Waals surface area contributed by atoms with Crippen LogP contribution in [0.15, 0.2) is 11.4 Å². The summed E-state index contributed by atoms with van der Waals surface area (Å²) in [5, 5.41) is 6.52. The van der Waals surface area contributed by atoms with Crippen molar-refractivity contribution in [3.05, 3.63) is 11.4 Å². The number of nitrogens with zero attached hydrogens (tertiary/aromatic N) is 4. The van der Waals surface area contributed by atoms with Crippen LogP contribution in [0.4, 0.5) is 11.8 Å². The van der Waals surface area contributed by atoms with Gasteiger partial charge in [-0.05, 0) is 24.9 Å². The lowest BCUT2D eigenvalue weighted by Crippen LogP contribution is -2.46. The molecule has 5 nitrogen and oxygen atoms in total. The SMILES string of the molecule is CCNc1nc(N2CCN(CC)CC2)c2ccsc2n1. The summed E-state index contributed by atoms with van der Waals surface area (Å²) in [6.45, 7) is 10.6. The monoisotopic (exact) mass is 291 g/mol. The van der Waals surface area contributed by atoms with Gasteiger partial charge in [-0.1, -0.05) is 6.92 Å². The van der Waals surface area contributed by atoms with E-state index in [1.54, 1.807) is 11.3 Å². The molecule has 1 saturated heterocycles. The molecule has 1 aliphatic heterocycles. The van der Waals surface area contributed by atoms with E-state index < -0.39 is 0 Å². The maximum Gasteiger partial charge on any atom is 0.226 e. The third-order valence-corrected chi connectivity index (χ3v) is 4.57. The van der Waals surface area contributed by atoms with Gasteiger partial charge in [0.1, 0.15) is 10.6 Å². The van der Waals surface area contributed by atoms with E-state index in [0.717, 1.165) is 55.9 Å². The summed E-state index contributed by atoms with van der Waals surface area (Å²) in [4.78, 5) is 15.2. The normalized spacial score (nSPS) is 16.8. The molecule has 0 saturated carbocycles. The highest BCUT2D eigenvalue weighted by Crippen LogP contribution is 2.29. The van der Waals surface area contributed by atoms with Crippen molar-refractivity contribution in [1.29, 1.82) is 0 Å². The first-order valence-corrected chi connectivity index (χ1v) is 8.16. The highest BCUT2D eigenvalue weighted by Gasteiger charge is 2.20. The summed E-state index contributed by atoms with van der Waals surface area (Å²) >= 11 is 1.68. The summed E-state index contributed by atoms with van der Waals surface area (Å²) in [6.07, 6.45) is 0. The molecule has 1 N–H and O–H groups in total. The number of hydrogen-bond acceptors (Lipinski definition) is 6. The first-order chi connectivity index (χ1) is 9.81. The summed E-state index contributed by atoms with van der Waals surface area (Å²) in [6, 6.07) is 2.14. The summed E-state index contributed by atoms with van der Waals surface area (Å²) in [7, 11) is 0. The second-order valence-corrected chi connectivity index (χ2v) is 5.86. The quantitative estimate of drug-likeness (QED) is 0.936. The van der Waals surface area contributed by atoms with Crippen LogP contribution in [0.3, 0.4) is 0 Å². The molecule has 0 aliphatic carbocycles. The number of aromatic nitrogens is 2. The molecule has 0 spiro atoms. The van der Waals surface area contributed by atoms with Crippen molar-refractivity contribution in [3.8, 4) is 0 Å². The minimum absolute atomic E-state index is 0.746. The topological polar surface area (TPSA) is 44.3 Å². The molecular formula is C14H21N5S. The molecule has 0 unspecified atom stereocenters. The fraction of sp³-hybridized carbons (Fsp3) is 0.571. The third kappa shape index (κ3) is 2.58. The summed E-state index contributed by atoms with van der Waals surface area (Å²) in [5.41, 5.74) is 0. The molecule has 0 amide bonds. The first-order valence-electron chi connectivity index (χ1n) is 7.28. The first kappa shape index (κ1) is 13.6. The van der Waals surface area contributed by atoms with Gasteiger partial charge < -0.3 is 15.1 Å². The Balaban J connectivity index is 1.91. The number of piperazine rings is 1. The van der Waals surface area contributed by atoms with Crippen molar-refractivity contribution in [1.82, 2.24) is 14.9 Å². The average molecular weight is 291 g/mol. The van der Waals surface area contributed by atoms with Crippen molar-refractivity contribution in [2.24, 2.45) is 0 Å². The molecule has 0 atom stereocenters. The summed E-state index contributed by atoms with van der Waals surface area (Å²) in [5.74, 6) is 1.83. The van der Waals surface area contributed by atoms with E-state index in [0.29, 0.717) is 0 Å². The molecule has 108 valence electrons. The van der Waals surface area contributed by atoms with Crippen molar-refractivity contribution in [2.45, 2.75) is 13.8 Å². The van der Waals surface area contributed by atoms with Crippen LogP contribution in [0.1, 0.15) is 13.8 Å². The smallest absolute Gasteiger partial charge is 0.226 e. The fourth-order valence-electron chi connectivity index (χ4n) is 2.59. The highest BCUT2D eigenvalue weighted by atomic mass is 32.1. The number of thiophene rings is 1. The zero-order valence-corrected chi connectivity index (χ0v) is 12.9. The van der Waals surface area contributed by atoms with Crippen molar-refractivity contribution < 1.29 is 0 Å². The van der Waals surface area contributed by atoms with Gasteiger partial charge >= 0.3 is 0 Å². The lowest BCUT2D eigenvalue weighted by molar-refractivity contribution is 0.271. The van der Waals surface area contributed by atoms with Crippen LogP contribution in [0.2, 0.25) is 0 Å². The fourth-order valence-corrected chi connectivity index (χ4v) is 3.35. The van der Waals surface area contributed by atoms with E-state index in [2.05, 4.69) is 45.4 Å². The van der Waals surface area contributed by atoms with Gasteiger partial charge in [0.15, 0.2) is 0 Å². The molecule has 0 radical (unpaired) electrons. The van der Waals surface area contributed by atoms with Gasteiger partial charge in [-0.3, -0.25) is 0 Å². The largest absolute Gasteiger partial charge is 0.354 e. The lowest BCUT2D eigenvalue weighted by Gasteiger charge is -2.35. The Labute approximate surface area is 123 Å². The van der Waals surface area contributed by atoms with Crippen LogP contribution in [-0.4, -0.2) is 54.1 Å². The highest BCUT2D eigenvalue weighted by molar-refractivity contribution is 7.16. The summed E-state index contributed by atoms with van der Waals surface area (Å²) < 4.78 is 0. The van der Waals surface area contributed by atoms with Crippen LogP contribution < -0.4 is 10.2 Å². The van der Waals surface area contributed by atoms with E-state index in [4.69, 9.17) is 4.98 Å². The molecule has 0 bridgehead atoms. The van der Waals surface area contributed by atoms with Gasteiger partial charge in [-0.25, -0.2) is 4.98 Å². The molecule has 6 heteroatoms. The third-order valence-electron chi connectivity index (χ3n) is 3.76. The number of anilines is 2. The molecule has 3 rings (SSSR count). The molecule has 20 heavy (non-hydrogen) atoms. The number of likely N-dealkylation sites (N-methyl/N-ethyl adjacent to an activating group) is 1. The predicted molar refractivity (Wildman–Crippen MR) is 85.9 cm³/mol. The molecular weight excluding hydrogens is 270 g/mol. The van der Waals surface area contributed by atoms with E-state index in [-0.39, 0.29) is 0 Å². The molecule has 1 fully saturated rings. The van der Waals surface area contributed by atoms with Gasteiger partial charge in [0, 0.05) is 32.7 Å². The van der Waals surface area contributed by atoms with Gasteiger partial charge in [-0.15, -0.1) is 11.3 Å². The number of hydrogen-bond donors (Lipinski definition) is 1. The minimum Gasteiger partial charge on any atom is -0.354 e. The zero-order valence-electron chi connectivity index (χ0n) is 12.1. The van der Waals surface area contributed by atoms with Crippen LogP contribution >= 0.6 is 11.3 Å². The van der Waals surface area contributed by atoms with Crippen molar-refractivity contribution >= 4 is 33.3 Å². The van der Waals surface area contributed by atoms with E-state index in [9.17, 15) is 0 Å². The van der Waals surface area contributed by atoms with E-state index in [1.807, 2.05) is 0 Å². The Morgan fingerprint density at radius 2 is 2.00 bits per heavy atom. The maximum absolute atomic E-state index is 4.73. The molecule has 0 aromatic carbocycles. The van der Waals surface area contributed by atoms with Crippen molar-refractivity contribution in [2.75, 3.05) is 49.5 Å². The Hall–Kier alpha value is -1.40. The number of nitrogens with one attached hydrogen (secondary N) is 1. The minimum atomic E-state index is 0.746. The van der Waals surface area contributed by atoms with E-state index >= 15 is 0 Å². The van der Waals surface area contributed by atoms with Crippen LogP contribution in [0.25, 0.3) is 10.2 Å². The molecule has 2 aromatic rings. The second-order valence-electron chi connectivity index (χ2n) is 4.96. The lowest BCUT2D eigenvalue weighted by atomic mass is 10.3. The Bertz CT molecular complexity index is 574. The van der Waals surface area contributed by atoms with E-state index in [1.165, 1.54) is 5.39 Å². The standard InChI is InChI=1S/C14H21N5S/c1-3-15-14-16-12(11-5-10-20-13(11)17-14)19-8-6-18(4-2)7-9-19/h5,10H,3-4,6-9H2,1-2H3,(H,15,16,17).